The SMILES string of the molecule is C=CC(=O)N[C@@H]1CCCN(S(=O)(=O)c2ccc(NC(=O)OCc3ccccc3)cc2)C1. The molecule has 0 radical (unpaired) electrons. The van der Waals surface area contributed by atoms with Gasteiger partial charge in [0, 0.05) is 24.8 Å². The molecular weight excluding hydrogens is 418 g/mol. The van der Waals surface area contributed by atoms with E-state index in [1.807, 2.05) is 30.3 Å². The minimum atomic E-state index is -3.72. The molecule has 0 aliphatic carbocycles. The van der Waals surface area contributed by atoms with Crippen LogP contribution < -0.4 is 10.6 Å². The largest absolute Gasteiger partial charge is 0.444 e. The molecule has 1 aliphatic heterocycles. The minimum absolute atomic E-state index is 0.117. The first kappa shape index (κ1) is 22.5. The molecule has 9 heteroatoms. The van der Waals surface area contributed by atoms with Crippen LogP contribution in [0.25, 0.3) is 0 Å². The van der Waals surface area contributed by atoms with Crippen LogP contribution in [0.15, 0.2) is 72.1 Å². The topological polar surface area (TPSA) is 105 Å². The lowest BCUT2D eigenvalue weighted by atomic mass is 10.1. The number of carbonyl (C=O) groups excluding carboxylic acids is 2. The normalized spacial score (nSPS) is 16.8. The second kappa shape index (κ2) is 10.2. The van der Waals surface area contributed by atoms with E-state index in [1.54, 1.807) is 0 Å². The van der Waals surface area contributed by atoms with Gasteiger partial charge in [0.15, 0.2) is 0 Å². The molecule has 2 N–H and O–H groups in total. The number of hydrogen-bond acceptors (Lipinski definition) is 5. The summed E-state index contributed by atoms with van der Waals surface area (Å²) >= 11 is 0. The third kappa shape index (κ3) is 6.16. The van der Waals surface area contributed by atoms with Crippen molar-refractivity contribution >= 4 is 27.7 Å². The van der Waals surface area contributed by atoms with Gasteiger partial charge < -0.3 is 10.1 Å². The molecule has 1 aliphatic rings. The van der Waals surface area contributed by atoms with Gasteiger partial charge in [-0.2, -0.15) is 4.31 Å². The van der Waals surface area contributed by atoms with E-state index < -0.39 is 16.1 Å². The van der Waals surface area contributed by atoms with Crippen LogP contribution in [0.4, 0.5) is 10.5 Å². The van der Waals surface area contributed by atoms with E-state index in [2.05, 4.69) is 17.2 Å². The summed E-state index contributed by atoms with van der Waals surface area (Å²) in [6, 6.07) is 14.9. The summed E-state index contributed by atoms with van der Waals surface area (Å²) in [5.74, 6) is -0.321. The first-order valence-electron chi connectivity index (χ1n) is 9.89. The first-order chi connectivity index (χ1) is 14.9. The van der Waals surface area contributed by atoms with Crippen molar-refractivity contribution < 1.29 is 22.7 Å². The summed E-state index contributed by atoms with van der Waals surface area (Å²) in [6.45, 7) is 4.14. The number of ether oxygens (including phenoxy) is 1. The number of benzene rings is 2. The van der Waals surface area contributed by atoms with Gasteiger partial charge in [-0.25, -0.2) is 13.2 Å². The zero-order valence-corrected chi connectivity index (χ0v) is 17.8. The average molecular weight is 444 g/mol. The van der Waals surface area contributed by atoms with E-state index in [0.717, 1.165) is 5.56 Å². The molecule has 2 aromatic carbocycles. The van der Waals surface area contributed by atoms with E-state index in [9.17, 15) is 18.0 Å². The number of nitrogens with one attached hydrogen (secondary N) is 2. The first-order valence-corrected chi connectivity index (χ1v) is 11.3. The lowest BCUT2D eigenvalue weighted by Crippen LogP contribution is -2.49. The molecule has 1 heterocycles. The third-order valence-corrected chi connectivity index (χ3v) is 6.75. The quantitative estimate of drug-likeness (QED) is 0.641. The van der Waals surface area contributed by atoms with Crippen molar-refractivity contribution in [3.8, 4) is 0 Å². The van der Waals surface area contributed by atoms with Gasteiger partial charge in [0.05, 0.1) is 4.90 Å². The molecule has 0 spiro atoms. The highest BCUT2D eigenvalue weighted by Crippen LogP contribution is 2.22. The molecule has 2 aromatic rings. The Kier molecular flexibility index (Phi) is 7.43. The Hall–Kier alpha value is -3.17. The van der Waals surface area contributed by atoms with Crippen LogP contribution in [0, 0.1) is 0 Å². The molecule has 0 saturated carbocycles. The number of carbonyl (C=O) groups is 2. The fraction of sp³-hybridized carbons (Fsp3) is 0.273. The Labute approximate surface area is 181 Å². The van der Waals surface area contributed by atoms with E-state index in [-0.39, 0.29) is 30.0 Å². The number of anilines is 1. The van der Waals surface area contributed by atoms with Crippen LogP contribution in [-0.4, -0.2) is 43.9 Å². The fourth-order valence-corrected chi connectivity index (χ4v) is 4.80. The van der Waals surface area contributed by atoms with Crippen molar-refractivity contribution in [2.45, 2.75) is 30.4 Å². The zero-order chi connectivity index (χ0) is 22.3. The van der Waals surface area contributed by atoms with Crippen molar-refractivity contribution in [2.75, 3.05) is 18.4 Å². The summed E-state index contributed by atoms with van der Waals surface area (Å²) in [5, 5.41) is 5.33. The minimum Gasteiger partial charge on any atom is -0.444 e. The highest BCUT2D eigenvalue weighted by atomic mass is 32.2. The Morgan fingerprint density at radius 2 is 1.84 bits per heavy atom. The van der Waals surface area contributed by atoms with Gasteiger partial charge in [-0.15, -0.1) is 0 Å². The third-order valence-electron chi connectivity index (χ3n) is 4.87. The molecule has 1 saturated heterocycles. The summed E-state index contributed by atoms with van der Waals surface area (Å²) in [5.41, 5.74) is 1.29. The van der Waals surface area contributed by atoms with Gasteiger partial charge in [0.25, 0.3) is 0 Å². The monoisotopic (exact) mass is 443 g/mol. The highest BCUT2D eigenvalue weighted by Gasteiger charge is 2.30. The van der Waals surface area contributed by atoms with Gasteiger partial charge in [-0.1, -0.05) is 36.9 Å². The Bertz CT molecular complexity index is 1020. The Morgan fingerprint density at radius 3 is 2.52 bits per heavy atom. The number of piperidine rings is 1. The Morgan fingerprint density at radius 1 is 1.13 bits per heavy atom. The van der Waals surface area contributed by atoms with E-state index in [0.29, 0.717) is 25.1 Å². The Balaban J connectivity index is 1.58. The average Bonchev–Trinajstić information content (AvgIpc) is 2.79. The lowest BCUT2D eigenvalue weighted by Gasteiger charge is -2.32. The zero-order valence-electron chi connectivity index (χ0n) is 17.0. The molecule has 1 fully saturated rings. The highest BCUT2D eigenvalue weighted by molar-refractivity contribution is 7.89. The molecule has 0 aromatic heterocycles. The predicted molar refractivity (Wildman–Crippen MR) is 117 cm³/mol. The molecule has 1 atom stereocenters. The number of nitrogens with zero attached hydrogens (tertiary/aromatic N) is 1. The van der Waals surface area contributed by atoms with Crippen LogP contribution in [0.5, 0.6) is 0 Å². The fourth-order valence-electron chi connectivity index (χ4n) is 3.28. The van der Waals surface area contributed by atoms with Gasteiger partial charge in [-0.3, -0.25) is 10.1 Å². The summed E-state index contributed by atoms with van der Waals surface area (Å²) in [6.07, 6.45) is 1.90. The number of hydrogen-bond donors (Lipinski definition) is 2. The second-order valence-electron chi connectivity index (χ2n) is 7.13. The lowest BCUT2D eigenvalue weighted by molar-refractivity contribution is -0.117. The maximum absolute atomic E-state index is 13.0. The van der Waals surface area contributed by atoms with Gasteiger partial charge in [0.1, 0.15) is 6.61 Å². The molecule has 3 rings (SSSR count). The molecule has 2 amide bonds. The smallest absolute Gasteiger partial charge is 0.411 e. The standard InChI is InChI=1S/C22H25N3O5S/c1-2-21(26)23-19-9-6-14-25(15-19)31(28,29)20-12-10-18(11-13-20)24-22(27)30-16-17-7-4-3-5-8-17/h2-5,7-8,10-13,19H,1,6,9,14-16H2,(H,23,26)(H,24,27)/t19-/m1/s1. The van der Waals surface area contributed by atoms with Crippen molar-refractivity contribution in [1.82, 2.24) is 9.62 Å². The van der Waals surface area contributed by atoms with Crippen LogP contribution >= 0.6 is 0 Å². The molecule has 0 bridgehead atoms. The number of rotatable bonds is 7. The van der Waals surface area contributed by atoms with E-state index in [4.69, 9.17) is 4.74 Å². The van der Waals surface area contributed by atoms with Crippen molar-refractivity contribution in [3.05, 3.63) is 72.8 Å². The molecular formula is C22H25N3O5S. The molecule has 31 heavy (non-hydrogen) atoms. The van der Waals surface area contributed by atoms with Crippen LogP contribution in [0.3, 0.4) is 0 Å². The predicted octanol–water partition coefficient (Wildman–Crippen LogP) is 2.89. The van der Waals surface area contributed by atoms with Gasteiger partial charge in [-0.05, 0) is 48.7 Å². The maximum Gasteiger partial charge on any atom is 0.411 e. The molecule has 0 unspecified atom stereocenters. The van der Waals surface area contributed by atoms with E-state index >= 15 is 0 Å². The van der Waals surface area contributed by atoms with E-state index in [1.165, 1.54) is 34.6 Å². The number of amides is 2. The summed E-state index contributed by atoms with van der Waals surface area (Å²) in [7, 11) is -3.72. The second-order valence-corrected chi connectivity index (χ2v) is 9.06. The molecule has 164 valence electrons. The number of sulfonamides is 1. The summed E-state index contributed by atoms with van der Waals surface area (Å²) < 4.78 is 32.4. The van der Waals surface area contributed by atoms with Gasteiger partial charge >= 0.3 is 6.09 Å². The van der Waals surface area contributed by atoms with Crippen molar-refractivity contribution in [1.29, 1.82) is 0 Å². The van der Waals surface area contributed by atoms with Crippen LogP contribution in [0.1, 0.15) is 18.4 Å². The summed E-state index contributed by atoms with van der Waals surface area (Å²) in [4.78, 5) is 23.6. The van der Waals surface area contributed by atoms with Gasteiger partial charge in [0.2, 0.25) is 15.9 Å². The molecule has 8 nitrogen and oxygen atoms in total. The maximum atomic E-state index is 13.0. The van der Waals surface area contributed by atoms with Crippen molar-refractivity contribution in [2.24, 2.45) is 0 Å². The van der Waals surface area contributed by atoms with Crippen molar-refractivity contribution in [3.63, 3.8) is 0 Å². The van der Waals surface area contributed by atoms with Crippen LogP contribution in [-0.2, 0) is 26.2 Å². The van der Waals surface area contributed by atoms with Crippen LogP contribution in [0.2, 0.25) is 0 Å².